The van der Waals surface area contributed by atoms with Gasteiger partial charge in [-0.2, -0.15) is 0 Å². The lowest BCUT2D eigenvalue weighted by Crippen LogP contribution is -2.54. The number of rotatable bonds is 13. The van der Waals surface area contributed by atoms with Crippen molar-refractivity contribution in [3.05, 3.63) is 0 Å². The highest BCUT2D eigenvalue weighted by Gasteiger charge is 2.42. The molecule has 0 radical (unpaired) electrons. The Kier molecular flexibility index (Phi) is 12.0. The molecule has 0 aliphatic carbocycles. The minimum absolute atomic E-state index is 0.157. The van der Waals surface area contributed by atoms with Gasteiger partial charge in [0.15, 0.2) is 0 Å². The number of nitrogens with zero attached hydrogens (tertiary/aromatic N) is 2. The molecule has 0 unspecified atom stereocenters. The van der Waals surface area contributed by atoms with E-state index in [1.165, 1.54) is 38.5 Å². The lowest BCUT2D eigenvalue weighted by Gasteiger charge is -2.51. The molecule has 36 heavy (non-hydrogen) atoms. The van der Waals surface area contributed by atoms with Crippen LogP contribution < -0.4 is 0 Å². The van der Waals surface area contributed by atoms with E-state index in [9.17, 15) is 9.59 Å². The molecule has 210 valence electrons. The number of hydrogen-bond acceptors (Lipinski definition) is 8. The largest absolute Gasteiger partial charge is 0.465 e. The minimum Gasteiger partial charge on any atom is -0.465 e. The van der Waals surface area contributed by atoms with Crippen molar-refractivity contribution in [2.45, 2.75) is 142 Å². The van der Waals surface area contributed by atoms with Gasteiger partial charge in [-0.1, -0.05) is 23.9 Å². The number of carbonyl (C=O) groups is 2. The summed E-state index contributed by atoms with van der Waals surface area (Å²) >= 11 is 3.59. The van der Waals surface area contributed by atoms with Crippen molar-refractivity contribution in [1.29, 1.82) is 0 Å². The Morgan fingerprint density at radius 1 is 0.611 bits per heavy atom. The van der Waals surface area contributed by atoms with E-state index in [1.807, 2.05) is 0 Å². The first-order chi connectivity index (χ1) is 16.7. The Morgan fingerprint density at radius 2 is 0.917 bits per heavy atom. The summed E-state index contributed by atoms with van der Waals surface area (Å²) in [6.07, 6.45) is 9.30. The van der Waals surface area contributed by atoms with E-state index in [2.05, 4.69) is 64.0 Å². The van der Waals surface area contributed by atoms with Gasteiger partial charge >= 0.3 is 11.9 Å². The lowest BCUT2D eigenvalue weighted by molar-refractivity contribution is -0.145. The minimum atomic E-state index is -0.177. The number of carbonyl (C=O) groups excluding carboxylic acids is 2. The summed E-state index contributed by atoms with van der Waals surface area (Å²) in [6, 6.07) is 0. The van der Waals surface area contributed by atoms with Crippen molar-refractivity contribution in [3.63, 3.8) is 0 Å². The first-order valence-electron chi connectivity index (χ1n) is 13.9. The molecular formula is C28H52N2O4S2. The number of esters is 2. The molecule has 0 aromatic carbocycles. The normalized spacial score (nSPS) is 23.2. The van der Waals surface area contributed by atoms with Gasteiger partial charge in [0.1, 0.15) is 13.2 Å². The lowest BCUT2D eigenvalue weighted by atomic mass is 9.83. The van der Waals surface area contributed by atoms with Gasteiger partial charge in [-0.15, -0.1) is 0 Å². The smallest absolute Gasteiger partial charge is 0.305 e. The van der Waals surface area contributed by atoms with Crippen molar-refractivity contribution in [2.24, 2.45) is 0 Å². The van der Waals surface area contributed by atoms with Gasteiger partial charge in [0, 0.05) is 46.5 Å². The summed E-state index contributed by atoms with van der Waals surface area (Å²) in [7, 11) is 0. The molecule has 0 atom stereocenters. The Hall–Kier alpha value is -0.440. The fraction of sp³-hybridized carbons (Fsp3) is 0.929. The van der Waals surface area contributed by atoms with E-state index >= 15 is 0 Å². The molecule has 0 N–H and O–H groups in total. The van der Waals surface area contributed by atoms with Gasteiger partial charge in [0.2, 0.25) is 0 Å². The first kappa shape index (κ1) is 31.8. The monoisotopic (exact) mass is 544 g/mol. The third kappa shape index (κ3) is 9.70. The summed E-state index contributed by atoms with van der Waals surface area (Å²) in [6.45, 7) is 19.2. The van der Waals surface area contributed by atoms with Crippen LogP contribution in [-0.4, -0.2) is 67.4 Å². The van der Waals surface area contributed by atoms with E-state index in [-0.39, 0.29) is 34.1 Å². The van der Waals surface area contributed by atoms with Crippen LogP contribution in [0.15, 0.2) is 0 Å². The molecule has 0 bridgehead atoms. The third-order valence-electron chi connectivity index (χ3n) is 7.50. The maximum absolute atomic E-state index is 12.1. The molecule has 2 aliphatic heterocycles. The second-order valence-electron chi connectivity index (χ2n) is 12.9. The number of hydrogen-bond donors (Lipinski definition) is 0. The Balaban J connectivity index is 1.52. The van der Waals surface area contributed by atoms with E-state index in [0.29, 0.717) is 38.9 Å². The van der Waals surface area contributed by atoms with Crippen LogP contribution in [0, 0.1) is 0 Å². The zero-order valence-electron chi connectivity index (χ0n) is 24.2. The Labute approximate surface area is 229 Å². The molecule has 6 nitrogen and oxygen atoms in total. The number of unbranched alkanes of at least 4 members (excludes halogenated alkanes) is 1. The van der Waals surface area contributed by atoms with Crippen LogP contribution in [0.2, 0.25) is 0 Å². The maximum Gasteiger partial charge on any atom is 0.305 e. The second kappa shape index (κ2) is 13.6. The molecule has 2 fully saturated rings. The van der Waals surface area contributed by atoms with Gasteiger partial charge in [-0.3, -0.25) is 9.59 Å². The van der Waals surface area contributed by atoms with Crippen molar-refractivity contribution in [2.75, 3.05) is 24.7 Å². The van der Waals surface area contributed by atoms with Crippen LogP contribution >= 0.6 is 23.9 Å². The zero-order chi connectivity index (χ0) is 27.0. The van der Waals surface area contributed by atoms with Crippen molar-refractivity contribution < 1.29 is 19.1 Å². The quantitative estimate of drug-likeness (QED) is 0.139. The molecule has 8 heteroatoms. The summed E-state index contributed by atoms with van der Waals surface area (Å²) in [5.74, 6) is 1.19. The van der Waals surface area contributed by atoms with Gasteiger partial charge < -0.3 is 9.47 Å². The van der Waals surface area contributed by atoms with Crippen LogP contribution in [0.3, 0.4) is 0 Å². The van der Waals surface area contributed by atoms with Gasteiger partial charge in [0.05, 0.1) is 0 Å². The van der Waals surface area contributed by atoms with E-state index < -0.39 is 0 Å². The van der Waals surface area contributed by atoms with E-state index in [0.717, 1.165) is 11.5 Å². The van der Waals surface area contributed by atoms with E-state index in [1.54, 1.807) is 23.9 Å². The molecule has 0 saturated carbocycles. The SMILES string of the molecule is CC1(C)CCCC(C)(C)N1SCCOC(=O)CCCCC(=O)OCCSN1C(C)(C)CCCC1(C)C. The van der Waals surface area contributed by atoms with Crippen molar-refractivity contribution in [3.8, 4) is 0 Å². The second-order valence-corrected chi connectivity index (χ2v) is 14.9. The molecule has 2 rings (SSSR count). The molecule has 2 saturated heterocycles. The Morgan fingerprint density at radius 3 is 1.22 bits per heavy atom. The summed E-state index contributed by atoms with van der Waals surface area (Å²) < 4.78 is 15.9. The summed E-state index contributed by atoms with van der Waals surface area (Å²) in [4.78, 5) is 24.2. The van der Waals surface area contributed by atoms with Crippen molar-refractivity contribution in [1.82, 2.24) is 8.61 Å². The standard InChI is InChI=1S/C28H52N2O4S2/c1-25(2)15-11-16-26(3,4)29(25)35-21-19-33-23(31)13-9-10-14-24(32)34-20-22-36-30-27(5,6)17-12-18-28(30,7)8/h9-22H2,1-8H3. The molecule has 2 aliphatic rings. The average molecular weight is 545 g/mol. The summed E-state index contributed by atoms with van der Waals surface area (Å²) in [5.41, 5.74) is 0.629. The molecule has 0 spiro atoms. The predicted molar refractivity (Wildman–Crippen MR) is 153 cm³/mol. The van der Waals surface area contributed by atoms with Gasteiger partial charge in [0.25, 0.3) is 0 Å². The summed E-state index contributed by atoms with van der Waals surface area (Å²) in [5, 5.41) is 0. The first-order valence-corrected chi connectivity index (χ1v) is 15.7. The molecule has 0 amide bonds. The van der Waals surface area contributed by atoms with Crippen LogP contribution in [0.5, 0.6) is 0 Å². The topological polar surface area (TPSA) is 59.1 Å². The third-order valence-corrected chi connectivity index (χ3v) is 10.7. The van der Waals surface area contributed by atoms with Crippen LogP contribution in [0.1, 0.15) is 120 Å². The Bertz CT molecular complexity index is 632. The van der Waals surface area contributed by atoms with Gasteiger partial charge in [-0.05, 0) is 107 Å². The molecule has 0 aromatic heterocycles. The highest BCUT2D eigenvalue weighted by molar-refractivity contribution is 7.97. The van der Waals surface area contributed by atoms with Crippen LogP contribution in [-0.2, 0) is 19.1 Å². The van der Waals surface area contributed by atoms with E-state index in [4.69, 9.17) is 9.47 Å². The highest BCUT2D eigenvalue weighted by Crippen LogP contribution is 2.43. The fourth-order valence-corrected chi connectivity index (χ4v) is 8.35. The van der Waals surface area contributed by atoms with Gasteiger partial charge in [-0.25, -0.2) is 8.61 Å². The molecular weight excluding hydrogens is 492 g/mol. The average Bonchev–Trinajstić information content (AvgIpc) is 2.73. The number of ether oxygens (including phenoxy) is 2. The van der Waals surface area contributed by atoms with Crippen molar-refractivity contribution >= 4 is 35.8 Å². The molecule has 2 heterocycles. The predicted octanol–water partition coefficient (Wildman–Crippen LogP) is 7.02. The fourth-order valence-electron chi connectivity index (χ4n) is 5.90. The molecule has 0 aromatic rings. The number of piperidine rings is 2. The van der Waals surface area contributed by atoms with Crippen LogP contribution in [0.4, 0.5) is 0 Å². The highest BCUT2D eigenvalue weighted by atomic mass is 32.2. The zero-order valence-corrected chi connectivity index (χ0v) is 25.9. The van der Waals surface area contributed by atoms with Crippen LogP contribution in [0.25, 0.3) is 0 Å². The maximum atomic E-state index is 12.1.